The van der Waals surface area contributed by atoms with Gasteiger partial charge in [0.05, 0.1) is 22.5 Å². The minimum absolute atomic E-state index is 0.0175. The van der Waals surface area contributed by atoms with E-state index in [9.17, 15) is 19.1 Å². The van der Waals surface area contributed by atoms with E-state index >= 15 is 0 Å². The molecule has 0 spiro atoms. The van der Waals surface area contributed by atoms with Crippen molar-refractivity contribution in [2.24, 2.45) is 5.92 Å². The standard InChI is InChI=1S/C26H28ClFN4O3/c1-16(15-33)4-7-24(34)20-14-29-9-8-22(20)30-23-13-19(18-12-17(27)5-6-21(18)28)26(35)32-11-3-10-31(2)25(23)32/h5-6,8-9,12-14,16,33H,3-4,7,10-11,15H2,1-2H3,(H,29,30)/t16-/m0/s1. The van der Waals surface area contributed by atoms with Gasteiger partial charge < -0.3 is 15.3 Å². The highest BCUT2D eigenvalue weighted by Crippen LogP contribution is 2.35. The number of hydrogen-bond acceptors (Lipinski definition) is 6. The molecule has 1 aliphatic heterocycles. The summed E-state index contributed by atoms with van der Waals surface area (Å²) in [6, 6.07) is 7.45. The van der Waals surface area contributed by atoms with Gasteiger partial charge in [0.15, 0.2) is 5.78 Å². The molecular weight excluding hydrogens is 471 g/mol. The van der Waals surface area contributed by atoms with E-state index in [0.29, 0.717) is 40.7 Å². The van der Waals surface area contributed by atoms with E-state index < -0.39 is 5.82 Å². The van der Waals surface area contributed by atoms with Gasteiger partial charge in [0, 0.05) is 56.1 Å². The van der Waals surface area contributed by atoms with Crippen molar-refractivity contribution >= 4 is 34.6 Å². The molecule has 0 fully saturated rings. The minimum Gasteiger partial charge on any atom is -0.396 e. The van der Waals surface area contributed by atoms with E-state index in [4.69, 9.17) is 11.6 Å². The second-order valence-electron chi connectivity index (χ2n) is 8.95. The van der Waals surface area contributed by atoms with Crippen LogP contribution in [0.5, 0.6) is 0 Å². The SMILES string of the molecule is C[C@H](CO)CCC(=O)c1cnccc1Nc1cc(-c2cc(Cl)ccc2F)c(=O)n2c1N(C)CCC2. The van der Waals surface area contributed by atoms with Crippen LogP contribution in [-0.2, 0) is 6.54 Å². The first-order valence-electron chi connectivity index (χ1n) is 11.6. The topological polar surface area (TPSA) is 87.5 Å². The summed E-state index contributed by atoms with van der Waals surface area (Å²) in [6.07, 6.45) is 4.69. The molecule has 7 nitrogen and oxygen atoms in total. The lowest BCUT2D eigenvalue weighted by atomic mass is 10.0. The average Bonchev–Trinajstić information content (AvgIpc) is 2.86. The number of carbonyl (C=O) groups is 1. The maximum Gasteiger partial charge on any atom is 0.260 e. The van der Waals surface area contributed by atoms with Gasteiger partial charge in [0.1, 0.15) is 11.6 Å². The molecule has 0 radical (unpaired) electrons. The first-order chi connectivity index (χ1) is 16.8. The molecule has 3 heterocycles. The highest BCUT2D eigenvalue weighted by molar-refractivity contribution is 6.30. The van der Waals surface area contributed by atoms with Gasteiger partial charge in [-0.05, 0) is 49.1 Å². The lowest BCUT2D eigenvalue weighted by molar-refractivity contribution is 0.0969. The minimum atomic E-state index is -0.542. The maximum atomic E-state index is 14.7. The molecule has 0 amide bonds. The van der Waals surface area contributed by atoms with Gasteiger partial charge in [-0.2, -0.15) is 0 Å². The number of pyridine rings is 2. The van der Waals surface area contributed by atoms with E-state index in [2.05, 4.69) is 10.3 Å². The molecule has 9 heteroatoms. The molecule has 2 N–H and O–H groups in total. The van der Waals surface area contributed by atoms with Crippen molar-refractivity contribution in [1.29, 1.82) is 0 Å². The second kappa shape index (κ2) is 10.6. The molecule has 3 aromatic rings. The molecule has 35 heavy (non-hydrogen) atoms. The first kappa shape index (κ1) is 24.9. The number of Topliss-reactive ketones (excluding diaryl/α,β-unsaturated/α-hetero) is 1. The lowest BCUT2D eigenvalue weighted by Crippen LogP contribution is -2.36. The van der Waals surface area contributed by atoms with Gasteiger partial charge in [0.2, 0.25) is 0 Å². The van der Waals surface area contributed by atoms with Crippen LogP contribution in [0, 0.1) is 11.7 Å². The first-order valence-corrected chi connectivity index (χ1v) is 12.0. The zero-order valence-corrected chi connectivity index (χ0v) is 20.5. The fourth-order valence-electron chi connectivity index (χ4n) is 4.31. The number of carbonyl (C=O) groups excluding carboxylic acids is 1. The van der Waals surface area contributed by atoms with Gasteiger partial charge in [-0.3, -0.25) is 19.1 Å². The molecule has 1 aromatic carbocycles. The number of anilines is 3. The summed E-state index contributed by atoms with van der Waals surface area (Å²) in [7, 11) is 1.89. The molecule has 0 aliphatic carbocycles. The number of aromatic nitrogens is 2. The summed E-state index contributed by atoms with van der Waals surface area (Å²) in [4.78, 5) is 32.4. The van der Waals surface area contributed by atoms with Crippen molar-refractivity contribution in [3.63, 3.8) is 0 Å². The molecule has 0 saturated heterocycles. The van der Waals surface area contributed by atoms with Crippen LogP contribution in [0.4, 0.5) is 21.6 Å². The van der Waals surface area contributed by atoms with Gasteiger partial charge in [-0.25, -0.2) is 4.39 Å². The smallest absolute Gasteiger partial charge is 0.260 e. The number of rotatable bonds is 8. The van der Waals surface area contributed by atoms with Crippen LogP contribution in [0.1, 0.15) is 36.5 Å². The van der Waals surface area contributed by atoms with Crippen molar-refractivity contribution in [1.82, 2.24) is 9.55 Å². The van der Waals surface area contributed by atoms with Gasteiger partial charge >= 0.3 is 0 Å². The molecule has 0 bridgehead atoms. The summed E-state index contributed by atoms with van der Waals surface area (Å²) in [5, 5.41) is 12.9. The summed E-state index contributed by atoms with van der Waals surface area (Å²) >= 11 is 6.11. The van der Waals surface area contributed by atoms with Crippen LogP contribution in [-0.4, -0.2) is 40.6 Å². The van der Waals surface area contributed by atoms with Crippen molar-refractivity contribution in [2.45, 2.75) is 32.7 Å². The normalized spacial score (nSPS) is 13.9. The maximum absolute atomic E-state index is 14.7. The van der Waals surface area contributed by atoms with Crippen molar-refractivity contribution in [2.75, 3.05) is 30.4 Å². The highest BCUT2D eigenvalue weighted by Gasteiger charge is 2.24. The average molecular weight is 499 g/mol. The third-order valence-electron chi connectivity index (χ3n) is 6.28. The van der Waals surface area contributed by atoms with Crippen LogP contribution in [0.3, 0.4) is 0 Å². The summed E-state index contributed by atoms with van der Waals surface area (Å²) in [5.41, 5.74) is 1.53. The molecule has 0 saturated carbocycles. The summed E-state index contributed by atoms with van der Waals surface area (Å²) < 4.78 is 16.4. The Balaban J connectivity index is 1.81. The Morgan fingerprint density at radius 2 is 2.03 bits per heavy atom. The zero-order chi connectivity index (χ0) is 25.1. The third kappa shape index (κ3) is 5.23. The number of fused-ring (bicyclic) bond motifs is 1. The predicted molar refractivity (Wildman–Crippen MR) is 136 cm³/mol. The molecule has 1 atom stereocenters. The Kier molecular flexibility index (Phi) is 7.52. The Labute approximate surface area is 208 Å². The Morgan fingerprint density at radius 1 is 1.23 bits per heavy atom. The molecular formula is C26H28ClFN4O3. The third-order valence-corrected chi connectivity index (χ3v) is 6.52. The number of benzene rings is 1. The van der Waals surface area contributed by atoms with Crippen molar-refractivity contribution in [3.8, 4) is 11.1 Å². The van der Waals surface area contributed by atoms with Crippen molar-refractivity contribution < 1.29 is 14.3 Å². The van der Waals surface area contributed by atoms with Crippen LogP contribution in [0.15, 0.2) is 47.5 Å². The summed E-state index contributed by atoms with van der Waals surface area (Å²) in [5.74, 6) is 0.0395. The number of halogens is 2. The number of ketones is 1. The number of nitrogens with zero attached hydrogens (tertiary/aromatic N) is 3. The van der Waals surface area contributed by atoms with E-state index in [1.807, 2.05) is 18.9 Å². The van der Waals surface area contributed by atoms with E-state index in [1.165, 1.54) is 24.4 Å². The number of nitrogens with one attached hydrogen (secondary N) is 1. The molecule has 2 aromatic heterocycles. The van der Waals surface area contributed by atoms with E-state index in [1.54, 1.807) is 22.9 Å². The second-order valence-corrected chi connectivity index (χ2v) is 9.38. The summed E-state index contributed by atoms with van der Waals surface area (Å²) in [6.45, 7) is 3.14. The molecule has 184 valence electrons. The van der Waals surface area contributed by atoms with Gasteiger partial charge in [-0.1, -0.05) is 18.5 Å². The quantitative estimate of drug-likeness (QED) is 0.430. The van der Waals surface area contributed by atoms with Crippen LogP contribution in [0.25, 0.3) is 11.1 Å². The monoisotopic (exact) mass is 498 g/mol. The van der Waals surface area contributed by atoms with E-state index in [-0.39, 0.29) is 41.4 Å². The van der Waals surface area contributed by atoms with Crippen LogP contribution < -0.4 is 15.8 Å². The Hall–Kier alpha value is -3.23. The van der Waals surface area contributed by atoms with Crippen LogP contribution >= 0.6 is 11.6 Å². The molecule has 4 rings (SSSR count). The molecule has 1 aliphatic rings. The lowest BCUT2D eigenvalue weighted by Gasteiger charge is -2.32. The molecule has 0 unspecified atom stereocenters. The zero-order valence-electron chi connectivity index (χ0n) is 19.7. The van der Waals surface area contributed by atoms with Gasteiger partial charge in [0.25, 0.3) is 5.56 Å². The van der Waals surface area contributed by atoms with Crippen molar-refractivity contribution in [3.05, 3.63) is 69.5 Å². The number of hydrogen-bond donors (Lipinski definition) is 2. The number of aliphatic hydroxyl groups is 1. The Bertz CT molecular complexity index is 1310. The van der Waals surface area contributed by atoms with Gasteiger partial charge in [-0.15, -0.1) is 0 Å². The fraction of sp³-hybridized carbons (Fsp3) is 0.346. The predicted octanol–water partition coefficient (Wildman–Crippen LogP) is 4.88. The fourth-order valence-corrected chi connectivity index (χ4v) is 4.48. The Morgan fingerprint density at radius 3 is 2.80 bits per heavy atom. The highest BCUT2D eigenvalue weighted by atomic mass is 35.5. The van der Waals surface area contributed by atoms with E-state index in [0.717, 1.165) is 13.0 Å². The number of aliphatic hydroxyl groups excluding tert-OH is 1. The largest absolute Gasteiger partial charge is 0.396 e. The van der Waals surface area contributed by atoms with Crippen LogP contribution in [0.2, 0.25) is 5.02 Å².